The highest BCUT2D eigenvalue weighted by Crippen LogP contribution is 2.34. The SMILES string of the molecule is N#CC1OC(=O)c2c1ccc1ccccc21. The number of fused-ring (bicyclic) bond motifs is 3. The first-order valence-electron chi connectivity index (χ1n) is 4.93. The summed E-state index contributed by atoms with van der Waals surface area (Å²) in [5.41, 5.74) is 1.20. The zero-order valence-electron chi connectivity index (χ0n) is 8.31. The average molecular weight is 209 g/mol. The first-order chi connectivity index (χ1) is 7.81. The molecule has 2 aromatic carbocycles. The van der Waals surface area contributed by atoms with Crippen LogP contribution in [0.4, 0.5) is 0 Å². The van der Waals surface area contributed by atoms with Crippen LogP contribution in [-0.2, 0) is 4.74 Å². The smallest absolute Gasteiger partial charge is 0.340 e. The zero-order valence-corrected chi connectivity index (χ0v) is 8.31. The van der Waals surface area contributed by atoms with Crippen LogP contribution in [0.1, 0.15) is 22.0 Å². The highest BCUT2D eigenvalue weighted by atomic mass is 16.5. The van der Waals surface area contributed by atoms with Gasteiger partial charge in [0.15, 0.2) is 0 Å². The second-order valence-electron chi connectivity index (χ2n) is 3.67. The molecule has 3 nitrogen and oxygen atoms in total. The van der Waals surface area contributed by atoms with E-state index < -0.39 is 12.1 Å². The first kappa shape index (κ1) is 8.93. The molecule has 2 aromatic rings. The molecule has 1 heterocycles. The van der Waals surface area contributed by atoms with Crippen molar-refractivity contribution in [2.75, 3.05) is 0 Å². The lowest BCUT2D eigenvalue weighted by atomic mass is 9.98. The summed E-state index contributed by atoms with van der Waals surface area (Å²) in [6.07, 6.45) is -0.757. The van der Waals surface area contributed by atoms with Gasteiger partial charge in [0.1, 0.15) is 6.07 Å². The number of ether oxygens (including phenoxy) is 1. The monoisotopic (exact) mass is 209 g/mol. The maximum atomic E-state index is 11.7. The van der Waals surface area contributed by atoms with Gasteiger partial charge in [-0.15, -0.1) is 0 Å². The number of carbonyl (C=O) groups is 1. The van der Waals surface area contributed by atoms with Crippen molar-refractivity contribution in [3.8, 4) is 6.07 Å². The fourth-order valence-electron chi connectivity index (χ4n) is 2.06. The predicted molar refractivity (Wildman–Crippen MR) is 57.7 cm³/mol. The van der Waals surface area contributed by atoms with E-state index in [1.54, 1.807) is 6.07 Å². The minimum Gasteiger partial charge on any atom is -0.438 e. The number of hydrogen-bond donors (Lipinski definition) is 0. The zero-order chi connectivity index (χ0) is 11.1. The summed E-state index contributed by atoms with van der Waals surface area (Å²) in [6, 6.07) is 13.3. The van der Waals surface area contributed by atoms with Crippen molar-refractivity contribution in [1.29, 1.82) is 5.26 Å². The Kier molecular flexibility index (Phi) is 1.72. The molecule has 0 aliphatic carbocycles. The third-order valence-electron chi connectivity index (χ3n) is 2.79. The fraction of sp³-hybridized carbons (Fsp3) is 0.0769. The molecule has 0 fully saturated rings. The van der Waals surface area contributed by atoms with Crippen LogP contribution in [0.25, 0.3) is 10.8 Å². The quantitative estimate of drug-likeness (QED) is 0.626. The van der Waals surface area contributed by atoms with Crippen LogP contribution in [0.15, 0.2) is 36.4 Å². The Hall–Kier alpha value is -2.34. The number of nitriles is 1. The lowest BCUT2D eigenvalue weighted by Crippen LogP contribution is -1.95. The van der Waals surface area contributed by atoms with Crippen LogP contribution in [-0.4, -0.2) is 5.97 Å². The molecule has 0 N–H and O–H groups in total. The Balaban J connectivity index is 2.41. The molecule has 76 valence electrons. The van der Waals surface area contributed by atoms with Crippen molar-refractivity contribution in [2.24, 2.45) is 0 Å². The number of esters is 1. The molecule has 0 amide bonds. The maximum Gasteiger partial charge on any atom is 0.340 e. The van der Waals surface area contributed by atoms with E-state index in [2.05, 4.69) is 0 Å². The van der Waals surface area contributed by atoms with E-state index in [-0.39, 0.29) is 0 Å². The Morgan fingerprint density at radius 2 is 2.00 bits per heavy atom. The van der Waals surface area contributed by atoms with E-state index in [9.17, 15) is 4.79 Å². The molecule has 1 aliphatic rings. The molecule has 0 spiro atoms. The van der Waals surface area contributed by atoms with Gasteiger partial charge >= 0.3 is 5.97 Å². The minimum absolute atomic E-state index is 0.404. The van der Waals surface area contributed by atoms with Gasteiger partial charge in [0, 0.05) is 5.56 Å². The van der Waals surface area contributed by atoms with Crippen LogP contribution >= 0.6 is 0 Å². The van der Waals surface area contributed by atoms with E-state index in [4.69, 9.17) is 10.00 Å². The molecule has 1 atom stereocenters. The first-order valence-corrected chi connectivity index (χ1v) is 4.93. The van der Waals surface area contributed by atoms with Gasteiger partial charge in [-0.25, -0.2) is 4.79 Å². The maximum absolute atomic E-state index is 11.7. The van der Waals surface area contributed by atoms with Crippen molar-refractivity contribution >= 4 is 16.7 Å². The van der Waals surface area contributed by atoms with Gasteiger partial charge < -0.3 is 4.74 Å². The second-order valence-corrected chi connectivity index (χ2v) is 3.67. The summed E-state index contributed by atoms with van der Waals surface area (Å²) < 4.78 is 4.99. The Bertz CT molecular complexity index is 640. The van der Waals surface area contributed by atoms with Gasteiger partial charge in [-0.1, -0.05) is 36.4 Å². The number of hydrogen-bond acceptors (Lipinski definition) is 3. The van der Waals surface area contributed by atoms with Gasteiger partial charge in [0.05, 0.1) is 5.56 Å². The Morgan fingerprint density at radius 1 is 1.19 bits per heavy atom. The number of nitrogens with zero attached hydrogens (tertiary/aromatic N) is 1. The summed E-state index contributed by atoms with van der Waals surface area (Å²) in [4.78, 5) is 11.7. The summed E-state index contributed by atoms with van der Waals surface area (Å²) in [7, 11) is 0. The van der Waals surface area contributed by atoms with E-state index in [0.717, 1.165) is 10.8 Å². The molecule has 3 heteroatoms. The van der Waals surface area contributed by atoms with E-state index in [1.807, 2.05) is 36.4 Å². The van der Waals surface area contributed by atoms with Crippen molar-refractivity contribution in [3.05, 3.63) is 47.5 Å². The molecular formula is C13H7NO2. The molecule has 0 aromatic heterocycles. The highest BCUT2D eigenvalue weighted by molar-refractivity contribution is 6.07. The average Bonchev–Trinajstić information content (AvgIpc) is 2.66. The van der Waals surface area contributed by atoms with Crippen LogP contribution < -0.4 is 0 Å². The third-order valence-corrected chi connectivity index (χ3v) is 2.79. The molecule has 0 radical (unpaired) electrons. The van der Waals surface area contributed by atoms with Crippen molar-refractivity contribution < 1.29 is 9.53 Å². The van der Waals surface area contributed by atoms with Crippen molar-refractivity contribution in [3.63, 3.8) is 0 Å². The fourth-order valence-corrected chi connectivity index (χ4v) is 2.06. The van der Waals surface area contributed by atoms with Crippen LogP contribution in [0, 0.1) is 11.3 Å². The number of carbonyl (C=O) groups excluding carboxylic acids is 1. The molecule has 1 unspecified atom stereocenters. The number of rotatable bonds is 0. The van der Waals surface area contributed by atoms with Crippen molar-refractivity contribution in [2.45, 2.75) is 6.10 Å². The summed E-state index contributed by atoms with van der Waals surface area (Å²) in [5, 5.41) is 10.7. The van der Waals surface area contributed by atoms with Crippen LogP contribution in [0.2, 0.25) is 0 Å². The molecule has 0 saturated heterocycles. The van der Waals surface area contributed by atoms with Gasteiger partial charge in [0.25, 0.3) is 0 Å². The molecule has 0 bridgehead atoms. The predicted octanol–water partition coefficient (Wildman–Crippen LogP) is 2.57. The Morgan fingerprint density at radius 3 is 2.81 bits per heavy atom. The van der Waals surface area contributed by atoms with Crippen LogP contribution in [0.3, 0.4) is 0 Å². The summed E-state index contributed by atoms with van der Waals surface area (Å²) in [6.45, 7) is 0. The van der Waals surface area contributed by atoms with E-state index in [0.29, 0.717) is 11.1 Å². The molecule has 16 heavy (non-hydrogen) atoms. The standard InChI is InChI=1S/C13H7NO2/c14-7-11-10-6-5-8-3-1-2-4-9(8)12(10)13(15)16-11/h1-6,11H. The third kappa shape index (κ3) is 1.04. The lowest BCUT2D eigenvalue weighted by molar-refractivity contribution is 0.0479. The minimum atomic E-state index is -0.757. The van der Waals surface area contributed by atoms with Gasteiger partial charge in [-0.05, 0) is 10.8 Å². The largest absolute Gasteiger partial charge is 0.438 e. The molecular weight excluding hydrogens is 202 g/mol. The van der Waals surface area contributed by atoms with Crippen LogP contribution in [0.5, 0.6) is 0 Å². The molecule has 0 saturated carbocycles. The normalized spacial score (nSPS) is 17.9. The topological polar surface area (TPSA) is 50.1 Å². The number of benzene rings is 2. The summed E-state index contributed by atoms with van der Waals surface area (Å²) >= 11 is 0. The van der Waals surface area contributed by atoms with Gasteiger partial charge in [-0.2, -0.15) is 5.26 Å². The second kappa shape index (κ2) is 3.07. The van der Waals surface area contributed by atoms with Gasteiger partial charge in [-0.3, -0.25) is 0 Å². The highest BCUT2D eigenvalue weighted by Gasteiger charge is 2.32. The van der Waals surface area contributed by atoms with Crippen molar-refractivity contribution in [1.82, 2.24) is 0 Å². The van der Waals surface area contributed by atoms with E-state index >= 15 is 0 Å². The summed E-state index contributed by atoms with van der Waals surface area (Å²) in [5.74, 6) is -0.404. The molecule has 1 aliphatic heterocycles. The van der Waals surface area contributed by atoms with Gasteiger partial charge in [0.2, 0.25) is 6.10 Å². The van der Waals surface area contributed by atoms with E-state index in [1.165, 1.54) is 0 Å². The molecule has 3 rings (SSSR count). The number of cyclic esters (lactones) is 1. The lowest BCUT2D eigenvalue weighted by Gasteiger charge is -2.01. The Labute approximate surface area is 91.9 Å².